The predicted molar refractivity (Wildman–Crippen MR) is 62.3 cm³/mol. The molecule has 0 fully saturated rings. The Labute approximate surface area is 103 Å². The molecule has 0 aliphatic heterocycles. The maximum atomic E-state index is 12.3. The molecule has 0 spiro atoms. The minimum Gasteiger partial charge on any atom is -0.399 e. The topological polar surface area (TPSA) is 63.4 Å². The van der Waals surface area contributed by atoms with Gasteiger partial charge in [-0.1, -0.05) is 11.6 Å². The number of alkyl halides is 2. The fourth-order valence-corrected chi connectivity index (χ4v) is 1.95. The van der Waals surface area contributed by atoms with Crippen LogP contribution in [0.15, 0.2) is 18.2 Å². The van der Waals surface area contributed by atoms with Crippen LogP contribution in [0.5, 0.6) is 0 Å². The highest BCUT2D eigenvalue weighted by Gasteiger charge is 2.29. The third kappa shape index (κ3) is 3.27. The number of halogens is 3. The van der Waals surface area contributed by atoms with Gasteiger partial charge in [-0.25, -0.2) is 8.42 Å². The Kier molecular flexibility index (Phi) is 4.29. The van der Waals surface area contributed by atoms with Crippen LogP contribution in [0.2, 0.25) is 5.02 Å². The maximum Gasteiger partial charge on any atom is 0.350 e. The van der Waals surface area contributed by atoms with E-state index in [-0.39, 0.29) is 11.6 Å². The molecule has 96 valence electrons. The Morgan fingerprint density at radius 3 is 2.59 bits per heavy atom. The van der Waals surface area contributed by atoms with Gasteiger partial charge in [-0.3, -0.25) is 0 Å². The molecule has 0 radical (unpaired) electrons. The van der Waals surface area contributed by atoms with Crippen molar-refractivity contribution in [3.63, 3.8) is 0 Å². The van der Waals surface area contributed by atoms with Gasteiger partial charge in [0.2, 0.25) is 0 Å². The highest BCUT2D eigenvalue weighted by molar-refractivity contribution is 7.89. The van der Waals surface area contributed by atoms with Crippen molar-refractivity contribution in [2.75, 3.05) is 12.8 Å². The van der Waals surface area contributed by atoms with Gasteiger partial charge in [-0.15, -0.1) is 0 Å². The Morgan fingerprint density at radius 2 is 2.06 bits per heavy atom. The van der Waals surface area contributed by atoms with Crippen LogP contribution in [0.25, 0.3) is 0 Å². The fourth-order valence-electron chi connectivity index (χ4n) is 1.18. The molecule has 17 heavy (non-hydrogen) atoms. The van der Waals surface area contributed by atoms with Crippen molar-refractivity contribution >= 4 is 27.3 Å². The Morgan fingerprint density at radius 1 is 1.47 bits per heavy atom. The lowest BCUT2D eigenvalue weighted by molar-refractivity contribution is 0.222. The average Bonchev–Trinajstić information content (AvgIpc) is 2.23. The van der Waals surface area contributed by atoms with Crippen molar-refractivity contribution < 1.29 is 17.2 Å². The molecular formula is C9H11ClF2N2O2S. The summed E-state index contributed by atoms with van der Waals surface area (Å²) in [7, 11) is -3.55. The molecule has 0 atom stereocenters. The van der Waals surface area contributed by atoms with Gasteiger partial charge in [0, 0.05) is 24.3 Å². The molecule has 0 saturated carbocycles. The zero-order valence-electron chi connectivity index (χ0n) is 8.90. The zero-order valence-corrected chi connectivity index (χ0v) is 10.5. The van der Waals surface area contributed by atoms with Crippen LogP contribution in [0.3, 0.4) is 0 Å². The van der Waals surface area contributed by atoms with Gasteiger partial charge in [0.05, 0.1) is 0 Å². The number of rotatable bonds is 4. The first-order valence-corrected chi connectivity index (χ1v) is 6.40. The van der Waals surface area contributed by atoms with Crippen molar-refractivity contribution in [2.45, 2.75) is 12.3 Å². The van der Waals surface area contributed by atoms with E-state index in [4.69, 9.17) is 17.3 Å². The second-order valence-corrected chi connectivity index (χ2v) is 5.83. The monoisotopic (exact) mass is 284 g/mol. The summed E-state index contributed by atoms with van der Waals surface area (Å²) in [6.45, 7) is -0.253. The van der Waals surface area contributed by atoms with Gasteiger partial charge in [0.15, 0.2) is 0 Å². The van der Waals surface area contributed by atoms with Crippen LogP contribution >= 0.6 is 11.6 Å². The summed E-state index contributed by atoms with van der Waals surface area (Å²) in [5, 5.41) is 0.274. The molecule has 1 aromatic rings. The van der Waals surface area contributed by atoms with Crippen molar-refractivity contribution in [1.82, 2.24) is 4.31 Å². The second-order valence-electron chi connectivity index (χ2n) is 3.41. The summed E-state index contributed by atoms with van der Waals surface area (Å²) in [6.07, 6.45) is 0. The summed E-state index contributed by atoms with van der Waals surface area (Å²) in [5.41, 5.74) is 6.25. The van der Waals surface area contributed by atoms with Crippen LogP contribution < -0.4 is 5.73 Å². The van der Waals surface area contributed by atoms with E-state index in [2.05, 4.69) is 0 Å². The first-order valence-electron chi connectivity index (χ1n) is 4.52. The minimum atomic E-state index is -4.60. The van der Waals surface area contributed by atoms with E-state index in [0.717, 1.165) is 7.05 Å². The van der Waals surface area contributed by atoms with Crippen molar-refractivity contribution in [2.24, 2.45) is 0 Å². The molecular weight excluding hydrogens is 274 g/mol. The Bertz CT molecular complexity index is 508. The third-order valence-corrected chi connectivity index (χ3v) is 3.94. The lowest BCUT2D eigenvalue weighted by atomic mass is 10.2. The number of nitrogen functional groups attached to an aromatic ring is 1. The van der Waals surface area contributed by atoms with E-state index in [9.17, 15) is 17.2 Å². The molecule has 0 bridgehead atoms. The van der Waals surface area contributed by atoms with E-state index in [0.29, 0.717) is 15.6 Å². The Hall–Kier alpha value is -0.920. The molecule has 8 heteroatoms. The number of hydrogen-bond acceptors (Lipinski definition) is 3. The van der Waals surface area contributed by atoms with Crippen LogP contribution in [-0.4, -0.2) is 25.5 Å². The molecule has 1 aromatic carbocycles. The van der Waals surface area contributed by atoms with Gasteiger partial charge in [-0.05, 0) is 23.8 Å². The van der Waals surface area contributed by atoms with Gasteiger partial charge >= 0.3 is 5.76 Å². The quantitative estimate of drug-likeness (QED) is 0.859. The highest BCUT2D eigenvalue weighted by Crippen LogP contribution is 2.22. The lowest BCUT2D eigenvalue weighted by Crippen LogP contribution is -2.31. The molecule has 0 unspecified atom stereocenters. The number of sulfonamides is 1. The van der Waals surface area contributed by atoms with E-state index in [1.165, 1.54) is 18.2 Å². The van der Waals surface area contributed by atoms with Crippen LogP contribution in [-0.2, 0) is 16.6 Å². The molecule has 0 saturated heterocycles. The molecule has 1 rings (SSSR count). The van der Waals surface area contributed by atoms with Crippen LogP contribution in [0.1, 0.15) is 5.56 Å². The van der Waals surface area contributed by atoms with Crippen LogP contribution in [0, 0.1) is 0 Å². The summed E-state index contributed by atoms with van der Waals surface area (Å²) >= 11 is 5.81. The summed E-state index contributed by atoms with van der Waals surface area (Å²) in [4.78, 5) is 0. The zero-order chi connectivity index (χ0) is 13.2. The first-order chi connectivity index (χ1) is 7.75. The minimum absolute atomic E-state index is 0.253. The second kappa shape index (κ2) is 5.16. The predicted octanol–water partition coefficient (Wildman–Crippen LogP) is 1.91. The van der Waals surface area contributed by atoms with Crippen molar-refractivity contribution in [3.8, 4) is 0 Å². The SMILES string of the molecule is CN(Cc1cc(N)ccc1Cl)S(=O)(=O)C(F)F. The lowest BCUT2D eigenvalue weighted by Gasteiger charge is -2.17. The number of nitrogens with zero attached hydrogens (tertiary/aromatic N) is 1. The van der Waals surface area contributed by atoms with Crippen molar-refractivity contribution in [1.29, 1.82) is 0 Å². The third-order valence-electron chi connectivity index (χ3n) is 2.12. The van der Waals surface area contributed by atoms with E-state index in [1.54, 1.807) is 0 Å². The number of nitrogens with two attached hydrogens (primary N) is 1. The maximum absolute atomic E-state index is 12.3. The molecule has 0 aliphatic rings. The van der Waals surface area contributed by atoms with Gasteiger partial charge in [0.1, 0.15) is 0 Å². The molecule has 0 amide bonds. The normalized spacial score (nSPS) is 12.4. The van der Waals surface area contributed by atoms with E-state index >= 15 is 0 Å². The molecule has 4 nitrogen and oxygen atoms in total. The standard InChI is InChI=1S/C9H11ClF2N2O2S/c1-14(17(15,16)9(11)12)5-6-4-7(13)2-3-8(6)10/h2-4,9H,5,13H2,1H3. The number of hydrogen-bond donors (Lipinski definition) is 1. The summed E-state index contributed by atoms with van der Waals surface area (Å²) in [5.74, 6) is -3.45. The Balaban J connectivity index is 2.96. The highest BCUT2D eigenvalue weighted by atomic mass is 35.5. The average molecular weight is 285 g/mol. The van der Waals surface area contributed by atoms with E-state index in [1.807, 2.05) is 0 Å². The summed E-state index contributed by atoms with van der Waals surface area (Å²) in [6, 6.07) is 4.46. The molecule has 0 aromatic heterocycles. The molecule has 0 aliphatic carbocycles. The first kappa shape index (κ1) is 14.1. The smallest absolute Gasteiger partial charge is 0.350 e. The largest absolute Gasteiger partial charge is 0.399 e. The number of anilines is 1. The van der Waals surface area contributed by atoms with E-state index < -0.39 is 15.8 Å². The van der Waals surface area contributed by atoms with Gasteiger partial charge in [0.25, 0.3) is 10.0 Å². The van der Waals surface area contributed by atoms with Crippen LogP contribution in [0.4, 0.5) is 14.5 Å². The summed E-state index contributed by atoms with van der Waals surface area (Å²) < 4.78 is 47.3. The van der Waals surface area contributed by atoms with Gasteiger partial charge < -0.3 is 5.73 Å². The molecule has 0 heterocycles. The van der Waals surface area contributed by atoms with Gasteiger partial charge in [-0.2, -0.15) is 13.1 Å². The van der Waals surface area contributed by atoms with Crippen molar-refractivity contribution in [3.05, 3.63) is 28.8 Å². The number of benzene rings is 1. The molecule has 2 N–H and O–H groups in total. The fraction of sp³-hybridized carbons (Fsp3) is 0.333.